The molecule has 0 aliphatic carbocycles. The number of piperazine rings is 1. The number of aryl methyl sites for hydroxylation is 1. The topological polar surface area (TPSA) is 145 Å². The first-order valence-corrected chi connectivity index (χ1v) is 18.7. The molecule has 0 atom stereocenters. The Morgan fingerprint density at radius 2 is 1.79 bits per heavy atom. The standard InChI is InChI=1S/C36H47F3N10O3S/c1-7-14-41-32-27(40)10-11-28(33(32)47(5)53(50,51)36(37,38)39)43-34-25(9-3)23-42-35(45-34)44-29-21-24(8-2)30(22-31(29)52-6)49-15-12-26(13-16-49)48-19-17-46(4)18-20-48/h7,9-11,14,21-23,26H,1,3,8,12-13,15-20,40H2,2,4-6H3,(H2,42,43,44,45)/b41-14-. The summed E-state index contributed by atoms with van der Waals surface area (Å²) in [7, 11) is -1.33. The zero-order valence-corrected chi connectivity index (χ0v) is 31.3. The Hall–Kier alpha value is -4.87. The van der Waals surface area contributed by atoms with E-state index < -0.39 is 21.2 Å². The Morgan fingerprint density at radius 1 is 1.09 bits per heavy atom. The summed E-state index contributed by atoms with van der Waals surface area (Å²) in [6.45, 7) is 15.7. The van der Waals surface area contributed by atoms with E-state index in [1.54, 1.807) is 7.11 Å². The van der Waals surface area contributed by atoms with Crippen LogP contribution in [0.4, 0.5) is 59.1 Å². The van der Waals surface area contributed by atoms with Crippen molar-refractivity contribution in [3.8, 4) is 5.75 Å². The summed E-state index contributed by atoms with van der Waals surface area (Å²) in [5, 5.41) is 6.19. The Labute approximate surface area is 309 Å². The van der Waals surface area contributed by atoms with Crippen LogP contribution in [-0.4, -0.2) is 106 Å². The number of nitrogens with zero attached hydrogens (tertiary/aromatic N) is 7. The van der Waals surface area contributed by atoms with Gasteiger partial charge in [0.15, 0.2) is 0 Å². The zero-order chi connectivity index (χ0) is 38.5. The summed E-state index contributed by atoms with van der Waals surface area (Å²) in [4.78, 5) is 20.6. The number of halogens is 3. The van der Waals surface area contributed by atoms with E-state index in [1.165, 1.54) is 36.7 Å². The van der Waals surface area contributed by atoms with E-state index in [9.17, 15) is 21.6 Å². The van der Waals surface area contributed by atoms with Crippen LogP contribution in [0.15, 0.2) is 54.7 Å². The van der Waals surface area contributed by atoms with Crippen molar-refractivity contribution in [2.75, 3.05) is 86.0 Å². The number of sulfonamides is 1. The molecule has 0 amide bonds. The van der Waals surface area contributed by atoms with Crippen molar-refractivity contribution in [2.24, 2.45) is 4.99 Å². The molecule has 0 saturated carbocycles. The van der Waals surface area contributed by atoms with E-state index in [0.29, 0.717) is 23.0 Å². The molecule has 286 valence electrons. The fourth-order valence-corrected chi connectivity index (χ4v) is 7.35. The Balaban J connectivity index is 1.45. The van der Waals surface area contributed by atoms with Crippen LogP contribution in [0.25, 0.3) is 6.08 Å². The average molecular weight is 757 g/mol. The second kappa shape index (κ2) is 16.4. The number of rotatable bonds is 13. The van der Waals surface area contributed by atoms with Gasteiger partial charge in [0.1, 0.15) is 22.9 Å². The zero-order valence-electron chi connectivity index (χ0n) is 30.4. The highest BCUT2D eigenvalue weighted by Gasteiger charge is 2.50. The molecule has 2 aliphatic rings. The number of nitrogen functional groups attached to an aromatic ring is 1. The average Bonchev–Trinajstić information content (AvgIpc) is 3.14. The molecule has 4 N–H and O–H groups in total. The quantitative estimate of drug-likeness (QED) is 0.137. The fourth-order valence-electron chi connectivity index (χ4n) is 6.62. The molecule has 13 nitrogen and oxygen atoms in total. The smallest absolute Gasteiger partial charge is 0.494 e. The van der Waals surface area contributed by atoms with Gasteiger partial charge in [-0.25, -0.2) is 4.98 Å². The molecule has 3 aromatic rings. The third-order valence-corrected chi connectivity index (χ3v) is 11.1. The molecule has 0 radical (unpaired) electrons. The van der Waals surface area contributed by atoms with Gasteiger partial charge >= 0.3 is 15.5 Å². The molecule has 17 heteroatoms. The predicted octanol–water partition coefficient (Wildman–Crippen LogP) is 6.15. The lowest BCUT2D eigenvalue weighted by molar-refractivity contribution is -0.0437. The second-order valence-electron chi connectivity index (χ2n) is 12.9. The van der Waals surface area contributed by atoms with Crippen molar-refractivity contribution in [1.29, 1.82) is 0 Å². The van der Waals surface area contributed by atoms with Crippen LogP contribution in [0.1, 0.15) is 30.9 Å². The number of nitrogens with one attached hydrogen (secondary N) is 2. The number of anilines is 7. The lowest BCUT2D eigenvalue weighted by Gasteiger charge is -2.43. The number of methoxy groups -OCH3 is 1. The van der Waals surface area contributed by atoms with Crippen molar-refractivity contribution in [3.05, 3.63) is 60.8 Å². The van der Waals surface area contributed by atoms with Crippen molar-refractivity contribution >= 4 is 68.2 Å². The van der Waals surface area contributed by atoms with Gasteiger partial charge in [0.2, 0.25) is 5.95 Å². The number of aromatic nitrogens is 2. The van der Waals surface area contributed by atoms with Gasteiger partial charge in [-0.15, -0.1) is 0 Å². The lowest BCUT2D eigenvalue weighted by Crippen LogP contribution is -2.52. The van der Waals surface area contributed by atoms with E-state index in [4.69, 9.17) is 10.5 Å². The highest BCUT2D eigenvalue weighted by atomic mass is 32.2. The maximum absolute atomic E-state index is 13.7. The molecular formula is C36H47F3N10O3S. The van der Waals surface area contributed by atoms with Gasteiger partial charge in [-0.2, -0.15) is 26.6 Å². The molecular weight excluding hydrogens is 710 g/mol. The van der Waals surface area contributed by atoms with Crippen LogP contribution in [0.5, 0.6) is 5.75 Å². The van der Waals surface area contributed by atoms with Gasteiger partial charge in [0, 0.05) is 82.1 Å². The second-order valence-corrected chi connectivity index (χ2v) is 14.8. The normalized spacial score (nSPS) is 16.5. The van der Waals surface area contributed by atoms with Crippen LogP contribution in [0, 0.1) is 0 Å². The number of alkyl halides is 3. The van der Waals surface area contributed by atoms with Crippen LogP contribution < -0.4 is 30.3 Å². The first-order valence-electron chi connectivity index (χ1n) is 17.3. The van der Waals surface area contributed by atoms with Gasteiger partial charge in [-0.05, 0) is 50.1 Å². The SMILES string of the molecule is C=C/C=N\c1c(N)ccc(Nc2nc(Nc3cc(CC)c(N4CCC(N5CCN(C)CC5)CC4)cc3OC)ncc2C=C)c1N(C)S(=O)(=O)C(F)(F)F. The summed E-state index contributed by atoms with van der Waals surface area (Å²) >= 11 is 0. The number of hydrogen-bond acceptors (Lipinski definition) is 12. The number of likely N-dealkylation sites (N-methyl/N-ethyl adjacent to an activating group) is 1. The lowest BCUT2D eigenvalue weighted by atomic mass is 9.99. The molecule has 2 aromatic carbocycles. The highest BCUT2D eigenvalue weighted by molar-refractivity contribution is 7.93. The fraction of sp³-hybridized carbons (Fsp3) is 0.417. The first kappa shape index (κ1) is 39.3. The van der Waals surface area contributed by atoms with Crippen molar-refractivity contribution in [2.45, 2.75) is 37.7 Å². The Bertz CT molecular complexity index is 1940. The minimum atomic E-state index is -5.86. The third-order valence-electron chi connectivity index (χ3n) is 9.64. The van der Waals surface area contributed by atoms with Gasteiger partial charge < -0.3 is 30.9 Å². The van der Waals surface area contributed by atoms with Gasteiger partial charge in [-0.1, -0.05) is 32.2 Å². The highest BCUT2D eigenvalue weighted by Crippen LogP contribution is 2.45. The van der Waals surface area contributed by atoms with Crippen LogP contribution in [0.2, 0.25) is 0 Å². The summed E-state index contributed by atoms with van der Waals surface area (Å²) in [6, 6.07) is 7.34. The van der Waals surface area contributed by atoms with E-state index in [2.05, 4.69) is 67.4 Å². The van der Waals surface area contributed by atoms with Crippen LogP contribution in [-0.2, 0) is 16.4 Å². The van der Waals surface area contributed by atoms with Crippen molar-refractivity contribution in [1.82, 2.24) is 19.8 Å². The largest absolute Gasteiger partial charge is 0.516 e. The summed E-state index contributed by atoms with van der Waals surface area (Å²) in [5.41, 5.74) is 2.87. The number of benzene rings is 2. The van der Waals surface area contributed by atoms with Gasteiger partial charge in [0.25, 0.3) is 0 Å². The number of aliphatic imine (C=N–C) groups is 1. The summed E-state index contributed by atoms with van der Waals surface area (Å²) < 4.78 is 72.3. The number of nitrogens with two attached hydrogens (primary N) is 1. The molecule has 0 unspecified atom stereocenters. The third kappa shape index (κ3) is 8.52. The minimum Gasteiger partial charge on any atom is -0.494 e. The van der Waals surface area contributed by atoms with Crippen LogP contribution in [0.3, 0.4) is 0 Å². The van der Waals surface area contributed by atoms with Gasteiger partial charge in [0.05, 0.1) is 24.2 Å². The molecule has 2 aliphatic heterocycles. The maximum Gasteiger partial charge on any atom is 0.516 e. The van der Waals surface area contributed by atoms with Crippen LogP contribution >= 0.6 is 0 Å². The number of ether oxygens (including phenoxy) is 1. The molecule has 5 rings (SSSR count). The molecule has 53 heavy (non-hydrogen) atoms. The van der Waals surface area contributed by atoms with E-state index in [-0.39, 0.29) is 33.1 Å². The molecule has 0 bridgehead atoms. The molecule has 0 spiro atoms. The molecule has 2 saturated heterocycles. The maximum atomic E-state index is 13.7. The van der Waals surface area contributed by atoms with Crippen molar-refractivity contribution in [3.63, 3.8) is 0 Å². The number of allylic oxidation sites excluding steroid dienone is 1. The molecule has 3 heterocycles. The Kier molecular flexibility index (Phi) is 12.2. The van der Waals surface area contributed by atoms with E-state index >= 15 is 0 Å². The summed E-state index contributed by atoms with van der Waals surface area (Å²) in [6.07, 6.45) is 8.33. The van der Waals surface area contributed by atoms with Crippen molar-refractivity contribution < 1.29 is 26.3 Å². The molecule has 1 aromatic heterocycles. The predicted molar refractivity (Wildman–Crippen MR) is 208 cm³/mol. The van der Waals surface area contributed by atoms with E-state index in [0.717, 1.165) is 76.8 Å². The number of piperidine rings is 1. The monoisotopic (exact) mass is 756 g/mol. The summed E-state index contributed by atoms with van der Waals surface area (Å²) in [5.74, 6) is 0.834. The Morgan fingerprint density at radius 3 is 2.40 bits per heavy atom. The van der Waals surface area contributed by atoms with Gasteiger partial charge in [-0.3, -0.25) is 14.2 Å². The van der Waals surface area contributed by atoms with E-state index in [1.807, 2.05) is 12.1 Å². The minimum absolute atomic E-state index is 0.0662. The molecule has 2 fully saturated rings. The first-order chi connectivity index (χ1) is 25.2. The number of hydrogen-bond donors (Lipinski definition) is 3.